The minimum Gasteiger partial charge on any atom is -0.377 e. The molecule has 1 aromatic carbocycles. The minimum atomic E-state index is -0.829. The van der Waals surface area contributed by atoms with Crippen molar-refractivity contribution in [3.63, 3.8) is 0 Å². The summed E-state index contributed by atoms with van der Waals surface area (Å²) in [5.74, 6) is 0. The van der Waals surface area contributed by atoms with E-state index in [-0.39, 0.29) is 0 Å². The summed E-state index contributed by atoms with van der Waals surface area (Å²) in [6.07, 6.45) is -0.829. The van der Waals surface area contributed by atoms with Gasteiger partial charge in [-0.1, -0.05) is 30.3 Å². The van der Waals surface area contributed by atoms with E-state index in [1.807, 2.05) is 30.3 Å². The number of aliphatic hydroxyl groups excluding tert-OH is 1. The molecule has 0 fully saturated rings. The van der Waals surface area contributed by atoms with Gasteiger partial charge in [0.05, 0.1) is 6.54 Å². The fourth-order valence-electron chi connectivity index (χ4n) is 0.903. The molecule has 0 bridgehead atoms. The third-order valence-electron chi connectivity index (χ3n) is 1.62. The van der Waals surface area contributed by atoms with Crippen LogP contribution in [0.1, 0.15) is 12.5 Å². The lowest BCUT2D eigenvalue weighted by molar-refractivity contribution is -0.195. The summed E-state index contributed by atoms with van der Waals surface area (Å²) in [6.45, 7) is 1.86. The maximum atomic E-state index is 9.16. The van der Waals surface area contributed by atoms with Gasteiger partial charge in [-0.05, 0) is 12.5 Å². The predicted molar refractivity (Wildman–Crippen MR) is 45.5 cm³/mol. The molecule has 0 saturated carbocycles. The Bertz CT molecular complexity index is 223. The summed E-state index contributed by atoms with van der Waals surface area (Å²) in [5.41, 5.74) is 0.973. The Morgan fingerprint density at radius 1 is 1.33 bits per heavy atom. The van der Waals surface area contributed by atoms with Crippen LogP contribution in [0, 0.1) is 0 Å². The van der Waals surface area contributed by atoms with Crippen molar-refractivity contribution in [2.24, 2.45) is 0 Å². The number of nitrogens with zero attached hydrogens (tertiary/aromatic N) is 1. The molecule has 0 heterocycles. The van der Waals surface area contributed by atoms with Crippen molar-refractivity contribution in [3.8, 4) is 0 Å². The SMILES string of the molecule is CC(O)N(O)Cc1ccccc1. The molecule has 0 aliphatic heterocycles. The fourth-order valence-corrected chi connectivity index (χ4v) is 0.903. The molecule has 1 atom stereocenters. The molecule has 1 unspecified atom stereocenters. The second-order valence-electron chi connectivity index (χ2n) is 2.72. The second-order valence-corrected chi connectivity index (χ2v) is 2.72. The zero-order chi connectivity index (χ0) is 8.97. The van der Waals surface area contributed by atoms with E-state index in [2.05, 4.69) is 0 Å². The third kappa shape index (κ3) is 2.62. The Morgan fingerprint density at radius 2 is 1.92 bits per heavy atom. The molecule has 0 saturated heterocycles. The van der Waals surface area contributed by atoms with Crippen LogP contribution in [0.25, 0.3) is 0 Å². The van der Waals surface area contributed by atoms with Crippen LogP contribution in [0.5, 0.6) is 0 Å². The van der Waals surface area contributed by atoms with Gasteiger partial charge < -0.3 is 10.3 Å². The topological polar surface area (TPSA) is 43.7 Å². The predicted octanol–water partition coefficient (Wildman–Crippen LogP) is 1.22. The Labute approximate surface area is 71.8 Å². The van der Waals surface area contributed by atoms with Crippen LogP contribution in [0.2, 0.25) is 0 Å². The molecule has 0 spiro atoms. The Kier molecular flexibility index (Phi) is 3.22. The minimum absolute atomic E-state index is 0.346. The van der Waals surface area contributed by atoms with E-state index in [0.29, 0.717) is 6.54 Å². The molecule has 0 aliphatic carbocycles. The van der Waals surface area contributed by atoms with E-state index in [0.717, 1.165) is 10.6 Å². The van der Waals surface area contributed by atoms with Gasteiger partial charge in [0.1, 0.15) is 6.23 Å². The Morgan fingerprint density at radius 3 is 2.42 bits per heavy atom. The monoisotopic (exact) mass is 167 g/mol. The average Bonchev–Trinajstić information content (AvgIpc) is 2.06. The number of rotatable bonds is 3. The lowest BCUT2D eigenvalue weighted by Crippen LogP contribution is -2.28. The summed E-state index contributed by atoms with van der Waals surface area (Å²) < 4.78 is 0. The molecule has 1 rings (SSSR count). The summed E-state index contributed by atoms with van der Waals surface area (Å²) in [4.78, 5) is 0. The van der Waals surface area contributed by atoms with Crippen molar-refractivity contribution >= 4 is 0 Å². The first kappa shape index (κ1) is 9.19. The molecule has 0 radical (unpaired) electrons. The smallest absolute Gasteiger partial charge is 0.127 e. The normalized spacial score (nSPS) is 13.3. The molecule has 2 N–H and O–H groups in total. The molecule has 3 heteroatoms. The van der Waals surface area contributed by atoms with E-state index in [4.69, 9.17) is 10.3 Å². The molecule has 1 aromatic rings. The van der Waals surface area contributed by atoms with Gasteiger partial charge in [-0.25, -0.2) is 0 Å². The number of benzene rings is 1. The first-order valence-corrected chi connectivity index (χ1v) is 3.87. The van der Waals surface area contributed by atoms with Crippen molar-refractivity contribution in [2.45, 2.75) is 19.7 Å². The van der Waals surface area contributed by atoms with Gasteiger partial charge in [-0.2, -0.15) is 5.06 Å². The van der Waals surface area contributed by atoms with Crippen LogP contribution in [0.3, 0.4) is 0 Å². The fraction of sp³-hybridized carbons (Fsp3) is 0.333. The zero-order valence-corrected chi connectivity index (χ0v) is 7.01. The molecule has 0 aromatic heterocycles. The van der Waals surface area contributed by atoms with Crippen molar-refractivity contribution in [2.75, 3.05) is 0 Å². The van der Waals surface area contributed by atoms with Gasteiger partial charge in [0.25, 0.3) is 0 Å². The highest BCUT2D eigenvalue weighted by Gasteiger charge is 2.06. The van der Waals surface area contributed by atoms with Crippen molar-refractivity contribution in [1.29, 1.82) is 0 Å². The molecule has 3 nitrogen and oxygen atoms in total. The van der Waals surface area contributed by atoms with E-state index < -0.39 is 6.23 Å². The Hall–Kier alpha value is -0.900. The van der Waals surface area contributed by atoms with Gasteiger partial charge in [-0.15, -0.1) is 0 Å². The molecular weight excluding hydrogens is 154 g/mol. The largest absolute Gasteiger partial charge is 0.377 e. The molecule has 0 amide bonds. The van der Waals surface area contributed by atoms with Crippen molar-refractivity contribution < 1.29 is 10.3 Å². The van der Waals surface area contributed by atoms with Gasteiger partial charge in [0.2, 0.25) is 0 Å². The quantitative estimate of drug-likeness (QED) is 0.525. The van der Waals surface area contributed by atoms with Crippen LogP contribution >= 0.6 is 0 Å². The van der Waals surface area contributed by atoms with Crippen LogP contribution < -0.4 is 0 Å². The maximum Gasteiger partial charge on any atom is 0.127 e. The molecule has 66 valence electrons. The van der Waals surface area contributed by atoms with Crippen molar-refractivity contribution in [1.82, 2.24) is 5.06 Å². The zero-order valence-electron chi connectivity index (χ0n) is 7.01. The maximum absolute atomic E-state index is 9.16. The first-order chi connectivity index (χ1) is 5.70. The highest BCUT2D eigenvalue weighted by atomic mass is 16.5. The number of aliphatic hydroxyl groups is 1. The first-order valence-electron chi connectivity index (χ1n) is 3.87. The van der Waals surface area contributed by atoms with E-state index in [1.165, 1.54) is 6.92 Å². The molecule has 12 heavy (non-hydrogen) atoms. The third-order valence-corrected chi connectivity index (χ3v) is 1.62. The van der Waals surface area contributed by atoms with Gasteiger partial charge in [0.15, 0.2) is 0 Å². The standard InChI is InChI=1S/C9H13NO2/c1-8(11)10(12)7-9-5-3-2-4-6-9/h2-6,8,11-12H,7H2,1H3. The summed E-state index contributed by atoms with van der Waals surface area (Å²) >= 11 is 0. The Balaban J connectivity index is 2.53. The van der Waals surface area contributed by atoms with Gasteiger partial charge >= 0.3 is 0 Å². The van der Waals surface area contributed by atoms with E-state index >= 15 is 0 Å². The second kappa shape index (κ2) is 4.21. The van der Waals surface area contributed by atoms with Gasteiger partial charge in [0, 0.05) is 0 Å². The highest BCUT2D eigenvalue weighted by molar-refractivity contribution is 5.13. The van der Waals surface area contributed by atoms with Crippen LogP contribution in [0.15, 0.2) is 30.3 Å². The lowest BCUT2D eigenvalue weighted by atomic mass is 10.2. The van der Waals surface area contributed by atoms with Crippen LogP contribution in [-0.4, -0.2) is 21.6 Å². The number of hydrogen-bond donors (Lipinski definition) is 2. The average molecular weight is 167 g/mol. The summed E-state index contributed by atoms with van der Waals surface area (Å²) in [7, 11) is 0. The molecular formula is C9H13NO2. The summed E-state index contributed by atoms with van der Waals surface area (Å²) in [6, 6.07) is 9.49. The van der Waals surface area contributed by atoms with E-state index in [9.17, 15) is 0 Å². The van der Waals surface area contributed by atoms with Crippen LogP contribution in [0.4, 0.5) is 0 Å². The van der Waals surface area contributed by atoms with Crippen molar-refractivity contribution in [3.05, 3.63) is 35.9 Å². The highest BCUT2D eigenvalue weighted by Crippen LogP contribution is 2.03. The van der Waals surface area contributed by atoms with Crippen LogP contribution in [-0.2, 0) is 6.54 Å². The molecule has 0 aliphatic rings. The summed E-state index contributed by atoms with van der Waals surface area (Å²) in [5, 5.41) is 19.0. The van der Waals surface area contributed by atoms with Gasteiger partial charge in [-0.3, -0.25) is 0 Å². The number of hydrogen-bond acceptors (Lipinski definition) is 3. The number of hydroxylamine groups is 2. The van der Waals surface area contributed by atoms with E-state index in [1.54, 1.807) is 0 Å². The lowest BCUT2D eigenvalue weighted by Gasteiger charge is -2.17.